The fraction of sp³-hybridized carbons (Fsp3) is 0.333. The number of hydrogen-bond donors (Lipinski definition) is 1. The normalized spacial score (nSPS) is 17.5. The van der Waals surface area contributed by atoms with Gasteiger partial charge in [0.05, 0.1) is 6.61 Å². The van der Waals surface area contributed by atoms with Crippen molar-refractivity contribution in [3.63, 3.8) is 0 Å². The van der Waals surface area contributed by atoms with E-state index >= 15 is 0 Å². The second-order valence-electron chi connectivity index (χ2n) is 5.64. The van der Waals surface area contributed by atoms with Gasteiger partial charge in [0, 0.05) is 17.4 Å². The van der Waals surface area contributed by atoms with E-state index in [1.54, 1.807) is 11.8 Å². The molecule has 1 atom stereocenters. The van der Waals surface area contributed by atoms with E-state index in [1.807, 2.05) is 6.92 Å². The fourth-order valence-corrected chi connectivity index (χ4v) is 3.46. The first kappa shape index (κ1) is 16.4. The summed E-state index contributed by atoms with van der Waals surface area (Å²) in [4.78, 5) is 1.15. The zero-order chi connectivity index (χ0) is 16.2. The third-order valence-electron chi connectivity index (χ3n) is 4.13. The highest BCUT2D eigenvalue weighted by Gasteiger charge is 2.29. The zero-order valence-corrected chi connectivity index (χ0v) is 14.3. The van der Waals surface area contributed by atoms with Crippen LogP contribution in [0.15, 0.2) is 47.4 Å². The molecule has 0 amide bonds. The number of benzene rings is 2. The van der Waals surface area contributed by atoms with Gasteiger partial charge in [0.25, 0.3) is 0 Å². The summed E-state index contributed by atoms with van der Waals surface area (Å²) < 4.78 is 11.0. The molecule has 2 aromatic rings. The lowest BCUT2D eigenvalue weighted by atomic mass is 9.79. The SMILES string of the molecule is CCOc1cc(-c2cccc([C@H]3COB(O)C3)c2)ccc1SC. The molecule has 1 heterocycles. The minimum absolute atomic E-state index is 0.266. The number of ether oxygens (including phenoxy) is 1. The van der Waals surface area contributed by atoms with Crippen molar-refractivity contribution in [2.24, 2.45) is 0 Å². The Labute approximate surface area is 142 Å². The minimum atomic E-state index is -0.630. The molecule has 5 heteroatoms. The van der Waals surface area contributed by atoms with Crippen LogP contribution in [0.25, 0.3) is 11.1 Å². The molecule has 0 spiro atoms. The van der Waals surface area contributed by atoms with Gasteiger partial charge in [-0.3, -0.25) is 0 Å². The lowest BCUT2D eigenvalue weighted by Gasteiger charge is -2.13. The van der Waals surface area contributed by atoms with E-state index in [9.17, 15) is 5.02 Å². The van der Waals surface area contributed by atoms with Crippen LogP contribution in [0.4, 0.5) is 0 Å². The molecular weight excluding hydrogens is 307 g/mol. The maximum atomic E-state index is 9.56. The smallest absolute Gasteiger partial charge is 0.454 e. The summed E-state index contributed by atoms with van der Waals surface area (Å²) in [6.07, 6.45) is 2.72. The summed E-state index contributed by atoms with van der Waals surface area (Å²) >= 11 is 1.69. The van der Waals surface area contributed by atoms with E-state index in [-0.39, 0.29) is 5.92 Å². The van der Waals surface area contributed by atoms with Crippen LogP contribution in [0.1, 0.15) is 18.4 Å². The molecule has 0 aromatic heterocycles. The molecule has 3 nitrogen and oxygen atoms in total. The van der Waals surface area contributed by atoms with Crippen LogP contribution in [0, 0.1) is 0 Å². The van der Waals surface area contributed by atoms with Crippen LogP contribution < -0.4 is 4.74 Å². The van der Waals surface area contributed by atoms with Gasteiger partial charge in [-0.25, -0.2) is 0 Å². The highest BCUT2D eigenvalue weighted by Crippen LogP contribution is 2.35. The third kappa shape index (κ3) is 3.74. The molecule has 1 saturated heterocycles. The first-order valence-corrected chi connectivity index (χ1v) is 9.14. The van der Waals surface area contributed by atoms with Crippen LogP contribution in [0.2, 0.25) is 6.32 Å². The van der Waals surface area contributed by atoms with Gasteiger partial charge >= 0.3 is 7.12 Å². The molecule has 3 rings (SSSR count). The van der Waals surface area contributed by atoms with E-state index in [1.165, 1.54) is 5.56 Å². The molecule has 1 fully saturated rings. The summed E-state index contributed by atoms with van der Waals surface area (Å²) in [5.74, 6) is 1.20. The predicted octanol–water partition coefficient (Wildman–Crippen LogP) is 4.07. The number of hydrogen-bond acceptors (Lipinski definition) is 4. The second kappa shape index (κ2) is 7.43. The highest BCUT2D eigenvalue weighted by molar-refractivity contribution is 7.98. The maximum Gasteiger partial charge on any atom is 0.454 e. The van der Waals surface area contributed by atoms with E-state index in [2.05, 4.69) is 48.7 Å². The zero-order valence-electron chi connectivity index (χ0n) is 13.5. The van der Waals surface area contributed by atoms with E-state index in [4.69, 9.17) is 9.39 Å². The average Bonchev–Trinajstić information content (AvgIpc) is 3.02. The van der Waals surface area contributed by atoms with Gasteiger partial charge in [-0.15, -0.1) is 11.8 Å². The average molecular weight is 328 g/mol. The van der Waals surface area contributed by atoms with Crippen molar-refractivity contribution in [1.82, 2.24) is 0 Å². The van der Waals surface area contributed by atoms with Gasteiger partial charge in [-0.05, 0) is 48.3 Å². The van der Waals surface area contributed by atoms with E-state index < -0.39 is 7.12 Å². The Morgan fingerprint density at radius 1 is 1.26 bits per heavy atom. The van der Waals surface area contributed by atoms with Gasteiger partial charge in [0.2, 0.25) is 0 Å². The van der Waals surface area contributed by atoms with Crippen molar-refractivity contribution in [2.45, 2.75) is 24.1 Å². The van der Waals surface area contributed by atoms with Gasteiger partial charge in [-0.2, -0.15) is 0 Å². The predicted molar refractivity (Wildman–Crippen MR) is 96.3 cm³/mol. The summed E-state index contributed by atoms with van der Waals surface area (Å²) in [5, 5.41) is 9.56. The Bertz CT molecular complexity index is 677. The quantitative estimate of drug-likeness (QED) is 0.663. The van der Waals surface area contributed by atoms with Crippen molar-refractivity contribution in [3.05, 3.63) is 48.0 Å². The molecule has 0 radical (unpaired) electrons. The summed E-state index contributed by atoms with van der Waals surface area (Å²) in [7, 11) is -0.630. The number of thioether (sulfide) groups is 1. The molecule has 0 saturated carbocycles. The van der Waals surface area contributed by atoms with Gasteiger partial charge in [0.1, 0.15) is 5.75 Å². The first-order valence-electron chi connectivity index (χ1n) is 7.92. The largest absolute Gasteiger partial charge is 0.493 e. The molecule has 1 aliphatic rings. The fourth-order valence-electron chi connectivity index (χ4n) is 2.94. The molecular formula is C18H21BO3S. The van der Waals surface area contributed by atoms with E-state index in [0.717, 1.165) is 21.8 Å². The molecule has 120 valence electrons. The Kier molecular flexibility index (Phi) is 5.31. The molecule has 1 aliphatic heterocycles. The summed E-state index contributed by atoms with van der Waals surface area (Å²) in [6, 6.07) is 14.8. The van der Waals surface area contributed by atoms with Crippen LogP contribution >= 0.6 is 11.8 Å². The molecule has 1 N–H and O–H groups in total. The van der Waals surface area contributed by atoms with Crippen molar-refractivity contribution >= 4 is 18.9 Å². The maximum absolute atomic E-state index is 9.56. The Morgan fingerprint density at radius 2 is 2.09 bits per heavy atom. The lowest BCUT2D eigenvalue weighted by Crippen LogP contribution is -2.07. The van der Waals surface area contributed by atoms with Crippen LogP contribution in [-0.2, 0) is 4.65 Å². The van der Waals surface area contributed by atoms with Crippen molar-refractivity contribution in [3.8, 4) is 16.9 Å². The van der Waals surface area contributed by atoms with Crippen LogP contribution in [0.5, 0.6) is 5.75 Å². The van der Waals surface area contributed by atoms with Crippen molar-refractivity contribution in [2.75, 3.05) is 19.5 Å². The first-order chi connectivity index (χ1) is 11.2. The third-order valence-corrected chi connectivity index (χ3v) is 4.91. The Balaban J connectivity index is 1.91. The molecule has 0 unspecified atom stereocenters. The van der Waals surface area contributed by atoms with Crippen LogP contribution in [-0.4, -0.2) is 31.6 Å². The highest BCUT2D eigenvalue weighted by atomic mass is 32.2. The van der Waals surface area contributed by atoms with Crippen LogP contribution in [0.3, 0.4) is 0 Å². The standard InChI is InChI=1S/C18H21BO3S/c1-3-21-17-10-15(7-8-18(17)23-2)13-5-4-6-14(9-13)16-11-19(20)22-12-16/h4-10,16,20H,3,11-12H2,1-2H3/t16-/m1/s1. The summed E-state index contributed by atoms with van der Waals surface area (Å²) in [5.41, 5.74) is 3.52. The molecule has 23 heavy (non-hydrogen) atoms. The van der Waals surface area contributed by atoms with Gasteiger partial charge in [-0.1, -0.05) is 30.3 Å². The topological polar surface area (TPSA) is 38.7 Å². The Hall–Kier alpha value is -1.43. The lowest BCUT2D eigenvalue weighted by molar-refractivity contribution is 0.292. The van der Waals surface area contributed by atoms with Gasteiger partial charge in [0.15, 0.2) is 0 Å². The monoisotopic (exact) mass is 328 g/mol. The minimum Gasteiger partial charge on any atom is -0.493 e. The molecule has 0 bridgehead atoms. The van der Waals surface area contributed by atoms with Gasteiger partial charge < -0.3 is 14.4 Å². The Morgan fingerprint density at radius 3 is 2.78 bits per heavy atom. The second-order valence-corrected chi connectivity index (χ2v) is 6.49. The van der Waals surface area contributed by atoms with Crippen molar-refractivity contribution in [1.29, 1.82) is 0 Å². The molecule has 0 aliphatic carbocycles. The molecule has 2 aromatic carbocycles. The summed E-state index contributed by atoms with van der Waals surface area (Å²) in [6.45, 7) is 3.25. The van der Waals surface area contributed by atoms with Crippen molar-refractivity contribution < 1.29 is 14.4 Å². The van der Waals surface area contributed by atoms with E-state index in [0.29, 0.717) is 19.5 Å². The number of rotatable bonds is 5.